The number of hydrogen-bond donors (Lipinski definition) is 3. The fourth-order valence-corrected chi connectivity index (χ4v) is 2.17. The Bertz CT molecular complexity index is 488. The van der Waals surface area contributed by atoms with Gasteiger partial charge in [-0.05, 0) is 31.7 Å². The van der Waals surface area contributed by atoms with Crippen LogP contribution in [0.2, 0.25) is 0 Å². The fraction of sp³-hybridized carbons (Fsp3) is 0.500. The van der Waals surface area contributed by atoms with Gasteiger partial charge in [0.2, 0.25) is 11.8 Å². The zero-order valence-electron chi connectivity index (χ0n) is 12.4. The van der Waals surface area contributed by atoms with Crippen LogP contribution >= 0.6 is 11.3 Å². The van der Waals surface area contributed by atoms with Crippen LogP contribution in [0.5, 0.6) is 0 Å². The van der Waals surface area contributed by atoms with Crippen LogP contribution in [-0.4, -0.2) is 36.3 Å². The lowest BCUT2D eigenvalue weighted by atomic mass is 10.2. The van der Waals surface area contributed by atoms with E-state index in [4.69, 9.17) is 0 Å². The molecule has 1 aromatic heterocycles. The van der Waals surface area contributed by atoms with Gasteiger partial charge in [-0.15, -0.1) is 11.3 Å². The largest absolute Gasteiger partial charge is 0.354 e. The Morgan fingerprint density at radius 2 is 1.81 bits per heavy atom. The quantitative estimate of drug-likeness (QED) is 0.699. The summed E-state index contributed by atoms with van der Waals surface area (Å²) in [6, 6.07) is 2.11. The second-order valence-corrected chi connectivity index (χ2v) is 5.64. The fourth-order valence-electron chi connectivity index (χ4n) is 1.55. The number of amides is 3. The van der Waals surface area contributed by atoms with Crippen molar-refractivity contribution in [1.29, 1.82) is 0 Å². The molecular formula is C14H21N3O3S. The molecule has 7 heteroatoms. The summed E-state index contributed by atoms with van der Waals surface area (Å²) in [5.41, 5.74) is 0. The molecule has 0 aliphatic heterocycles. The lowest BCUT2D eigenvalue weighted by Gasteiger charge is -2.18. The number of carbonyl (C=O) groups is 3. The molecule has 0 spiro atoms. The zero-order chi connectivity index (χ0) is 15.8. The van der Waals surface area contributed by atoms with E-state index in [9.17, 15) is 14.4 Å². The predicted molar refractivity (Wildman–Crippen MR) is 82.2 cm³/mol. The highest BCUT2D eigenvalue weighted by molar-refractivity contribution is 7.12. The topological polar surface area (TPSA) is 87.3 Å². The molecule has 0 bridgehead atoms. The maximum Gasteiger partial charge on any atom is 0.261 e. The molecule has 0 radical (unpaired) electrons. The van der Waals surface area contributed by atoms with Crippen LogP contribution < -0.4 is 16.0 Å². The van der Waals surface area contributed by atoms with Crippen molar-refractivity contribution in [2.75, 3.05) is 6.54 Å². The first kappa shape index (κ1) is 17.2. The second-order valence-electron chi connectivity index (χ2n) is 4.69. The van der Waals surface area contributed by atoms with E-state index in [-0.39, 0.29) is 17.7 Å². The van der Waals surface area contributed by atoms with Gasteiger partial charge in [-0.25, -0.2) is 0 Å². The summed E-state index contributed by atoms with van der Waals surface area (Å²) in [5, 5.41) is 9.67. The molecule has 116 valence electrons. The van der Waals surface area contributed by atoms with Crippen LogP contribution in [0.1, 0.15) is 36.9 Å². The molecule has 1 rings (SSSR count). The van der Waals surface area contributed by atoms with E-state index in [0.717, 1.165) is 6.42 Å². The molecule has 0 aliphatic rings. The Kier molecular flexibility index (Phi) is 6.87. The summed E-state index contributed by atoms with van der Waals surface area (Å²) in [6.45, 7) is 5.71. The number of rotatable bonds is 7. The Labute approximate surface area is 128 Å². The summed E-state index contributed by atoms with van der Waals surface area (Å²) in [5.74, 6) is -0.920. The first-order valence-electron chi connectivity index (χ1n) is 6.88. The second kappa shape index (κ2) is 8.41. The molecule has 0 saturated heterocycles. The van der Waals surface area contributed by atoms with E-state index < -0.39 is 12.1 Å². The van der Waals surface area contributed by atoms with Crippen LogP contribution in [0.25, 0.3) is 0 Å². The minimum absolute atomic E-state index is 0.234. The number of hydrogen-bond acceptors (Lipinski definition) is 4. The van der Waals surface area contributed by atoms with Crippen LogP contribution in [0.3, 0.4) is 0 Å². The summed E-state index contributed by atoms with van der Waals surface area (Å²) in [6.07, 6.45) is 0.833. The van der Waals surface area contributed by atoms with Crippen molar-refractivity contribution in [2.45, 2.75) is 39.3 Å². The minimum atomic E-state index is -0.707. The molecule has 21 heavy (non-hydrogen) atoms. The van der Waals surface area contributed by atoms with Gasteiger partial charge in [0, 0.05) is 6.54 Å². The smallest absolute Gasteiger partial charge is 0.261 e. The SMILES string of the molecule is CCCNC(=O)C(C)NC(=O)C(C)NC(=O)c1cccs1. The third kappa shape index (κ3) is 5.55. The van der Waals surface area contributed by atoms with Crippen molar-refractivity contribution in [3.05, 3.63) is 22.4 Å². The third-order valence-electron chi connectivity index (χ3n) is 2.79. The van der Waals surface area contributed by atoms with Crippen molar-refractivity contribution < 1.29 is 14.4 Å². The van der Waals surface area contributed by atoms with Crippen LogP contribution in [-0.2, 0) is 9.59 Å². The van der Waals surface area contributed by atoms with Gasteiger partial charge in [0.15, 0.2) is 0 Å². The first-order valence-corrected chi connectivity index (χ1v) is 7.76. The third-order valence-corrected chi connectivity index (χ3v) is 3.66. The van der Waals surface area contributed by atoms with E-state index in [2.05, 4.69) is 16.0 Å². The summed E-state index contributed by atoms with van der Waals surface area (Å²) in [4.78, 5) is 36.0. The summed E-state index contributed by atoms with van der Waals surface area (Å²) in [7, 11) is 0. The molecule has 6 nitrogen and oxygen atoms in total. The standard InChI is InChI=1S/C14H21N3O3S/c1-4-7-15-12(18)9(2)16-13(19)10(3)17-14(20)11-6-5-8-21-11/h5-6,8-10H,4,7H2,1-3H3,(H,15,18)(H,16,19)(H,17,20). The van der Waals surface area contributed by atoms with Gasteiger partial charge >= 0.3 is 0 Å². The molecule has 3 N–H and O–H groups in total. The van der Waals surface area contributed by atoms with E-state index >= 15 is 0 Å². The molecule has 1 aromatic rings. The van der Waals surface area contributed by atoms with Gasteiger partial charge in [0.1, 0.15) is 12.1 Å². The van der Waals surface area contributed by atoms with Crippen LogP contribution in [0.4, 0.5) is 0 Å². The summed E-state index contributed by atoms with van der Waals surface area (Å²) < 4.78 is 0. The molecule has 3 amide bonds. The highest BCUT2D eigenvalue weighted by Gasteiger charge is 2.21. The van der Waals surface area contributed by atoms with Crippen molar-refractivity contribution in [2.24, 2.45) is 0 Å². The number of thiophene rings is 1. The Morgan fingerprint density at radius 1 is 1.14 bits per heavy atom. The van der Waals surface area contributed by atoms with Crippen LogP contribution in [0, 0.1) is 0 Å². The van der Waals surface area contributed by atoms with E-state index in [0.29, 0.717) is 11.4 Å². The van der Waals surface area contributed by atoms with Crippen molar-refractivity contribution in [3.63, 3.8) is 0 Å². The lowest BCUT2D eigenvalue weighted by Crippen LogP contribution is -2.51. The Hall–Kier alpha value is -1.89. The van der Waals surface area contributed by atoms with Gasteiger partial charge in [-0.1, -0.05) is 13.0 Å². The van der Waals surface area contributed by atoms with Gasteiger partial charge < -0.3 is 16.0 Å². The minimum Gasteiger partial charge on any atom is -0.354 e. The zero-order valence-corrected chi connectivity index (χ0v) is 13.3. The molecule has 0 saturated carbocycles. The molecule has 0 aromatic carbocycles. The highest BCUT2D eigenvalue weighted by atomic mass is 32.1. The van der Waals surface area contributed by atoms with E-state index in [1.54, 1.807) is 31.4 Å². The van der Waals surface area contributed by atoms with Gasteiger partial charge in [0.05, 0.1) is 4.88 Å². The predicted octanol–water partition coefficient (Wildman–Crippen LogP) is 0.897. The average molecular weight is 311 g/mol. The molecule has 1 heterocycles. The number of carbonyl (C=O) groups excluding carboxylic acids is 3. The maximum atomic E-state index is 11.9. The van der Waals surface area contributed by atoms with Gasteiger partial charge in [-0.3, -0.25) is 14.4 Å². The Morgan fingerprint density at radius 3 is 2.38 bits per heavy atom. The van der Waals surface area contributed by atoms with Gasteiger partial charge in [-0.2, -0.15) is 0 Å². The lowest BCUT2D eigenvalue weighted by molar-refractivity contribution is -0.129. The molecular weight excluding hydrogens is 290 g/mol. The van der Waals surface area contributed by atoms with Crippen molar-refractivity contribution in [3.8, 4) is 0 Å². The Balaban J connectivity index is 2.43. The highest BCUT2D eigenvalue weighted by Crippen LogP contribution is 2.08. The average Bonchev–Trinajstić information content (AvgIpc) is 2.98. The summed E-state index contributed by atoms with van der Waals surface area (Å²) >= 11 is 1.30. The first-order chi connectivity index (χ1) is 9.95. The molecule has 0 fully saturated rings. The maximum absolute atomic E-state index is 11.9. The normalized spacial score (nSPS) is 13.1. The van der Waals surface area contributed by atoms with Crippen LogP contribution in [0.15, 0.2) is 17.5 Å². The van der Waals surface area contributed by atoms with Gasteiger partial charge in [0.25, 0.3) is 5.91 Å². The monoisotopic (exact) mass is 311 g/mol. The molecule has 2 unspecified atom stereocenters. The van der Waals surface area contributed by atoms with Crippen molar-refractivity contribution in [1.82, 2.24) is 16.0 Å². The molecule has 2 atom stereocenters. The van der Waals surface area contributed by atoms with E-state index in [1.165, 1.54) is 11.3 Å². The molecule has 0 aliphatic carbocycles. The van der Waals surface area contributed by atoms with E-state index in [1.807, 2.05) is 6.92 Å². The number of nitrogens with one attached hydrogen (secondary N) is 3. The van der Waals surface area contributed by atoms with Crippen molar-refractivity contribution >= 4 is 29.1 Å².